The number of aliphatic imine (C=N–C) groups is 1. The highest BCUT2D eigenvalue weighted by molar-refractivity contribution is 7.07. The molecule has 0 aliphatic heterocycles. The number of thiophene rings is 1. The van der Waals surface area contributed by atoms with Crippen LogP contribution in [-0.2, 0) is 17.9 Å². The summed E-state index contributed by atoms with van der Waals surface area (Å²) in [6.07, 6.45) is 0. The van der Waals surface area contributed by atoms with Gasteiger partial charge >= 0.3 is 0 Å². The predicted molar refractivity (Wildman–Crippen MR) is 102 cm³/mol. The van der Waals surface area contributed by atoms with Gasteiger partial charge in [0.15, 0.2) is 12.6 Å². The Hall–Kier alpha value is -2.54. The molecule has 3 N–H and O–H groups in total. The van der Waals surface area contributed by atoms with Gasteiger partial charge in [0.25, 0.3) is 5.91 Å². The molecule has 1 heterocycles. The molecular weight excluding hydrogens is 336 g/mol. The molecule has 0 radical (unpaired) electrons. The van der Waals surface area contributed by atoms with Crippen LogP contribution in [0.15, 0.2) is 46.1 Å². The molecule has 7 heteroatoms. The second-order valence-corrected chi connectivity index (χ2v) is 6.34. The molecule has 0 bridgehead atoms. The number of hydrogen-bond donors (Lipinski definition) is 2. The Morgan fingerprint density at radius 2 is 2.20 bits per heavy atom. The van der Waals surface area contributed by atoms with E-state index >= 15 is 0 Å². The third-order valence-electron chi connectivity index (χ3n) is 3.39. The van der Waals surface area contributed by atoms with Crippen LogP contribution in [-0.4, -0.2) is 37.0 Å². The molecule has 0 fully saturated rings. The summed E-state index contributed by atoms with van der Waals surface area (Å²) >= 11 is 1.69. The Kier molecular flexibility index (Phi) is 7.28. The summed E-state index contributed by atoms with van der Waals surface area (Å²) in [5.74, 6) is 0.966. The molecule has 0 unspecified atom stereocenters. The summed E-state index contributed by atoms with van der Waals surface area (Å²) in [5, 5.41) is 7.52. The molecule has 1 aromatic carbocycles. The molecule has 134 valence electrons. The minimum atomic E-state index is -0.493. The van der Waals surface area contributed by atoms with Crippen LogP contribution in [0.5, 0.6) is 5.75 Å². The van der Waals surface area contributed by atoms with Gasteiger partial charge in [0.1, 0.15) is 5.75 Å². The molecule has 2 rings (SSSR count). The van der Waals surface area contributed by atoms with E-state index in [4.69, 9.17) is 10.5 Å². The van der Waals surface area contributed by atoms with E-state index in [1.54, 1.807) is 17.4 Å². The lowest BCUT2D eigenvalue weighted by molar-refractivity contribution is -0.119. The van der Waals surface area contributed by atoms with Crippen molar-refractivity contribution < 1.29 is 9.53 Å². The van der Waals surface area contributed by atoms with Crippen molar-refractivity contribution in [1.82, 2.24) is 10.2 Å². The lowest BCUT2D eigenvalue weighted by Gasteiger charge is -2.21. The van der Waals surface area contributed by atoms with Crippen LogP contribution < -0.4 is 15.8 Å². The maximum atomic E-state index is 10.8. The number of hydrogen-bond acceptors (Lipinski definition) is 4. The van der Waals surface area contributed by atoms with E-state index in [-0.39, 0.29) is 6.61 Å². The second-order valence-electron chi connectivity index (χ2n) is 5.56. The van der Waals surface area contributed by atoms with E-state index in [0.29, 0.717) is 12.3 Å². The van der Waals surface area contributed by atoms with Gasteiger partial charge in [-0.05, 0) is 47.0 Å². The minimum absolute atomic E-state index is 0.126. The topological polar surface area (TPSA) is 80.0 Å². The van der Waals surface area contributed by atoms with Crippen molar-refractivity contribution in [3.8, 4) is 5.75 Å². The predicted octanol–water partition coefficient (Wildman–Crippen LogP) is 2.21. The van der Waals surface area contributed by atoms with Gasteiger partial charge in [-0.25, -0.2) is 4.99 Å². The number of nitrogens with zero attached hydrogens (tertiary/aromatic N) is 2. The number of carbonyl (C=O) groups excluding carboxylic acids is 1. The second kappa shape index (κ2) is 9.68. The van der Waals surface area contributed by atoms with E-state index < -0.39 is 5.91 Å². The van der Waals surface area contributed by atoms with Crippen LogP contribution in [0.4, 0.5) is 0 Å². The van der Waals surface area contributed by atoms with Crippen LogP contribution in [0.3, 0.4) is 0 Å². The zero-order valence-electron chi connectivity index (χ0n) is 14.6. The van der Waals surface area contributed by atoms with Gasteiger partial charge in [0.05, 0.1) is 6.54 Å². The smallest absolute Gasteiger partial charge is 0.255 e. The number of nitrogens with one attached hydrogen (secondary N) is 1. The number of ether oxygens (including phenoxy) is 1. The third kappa shape index (κ3) is 6.46. The monoisotopic (exact) mass is 360 g/mol. The molecule has 0 atom stereocenters. The van der Waals surface area contributed by atoms with Crippen molar-refractivity contribution in [1.29, 1.82) is 0 Å². The largest absolute Gasteiger partial charge is 0.484 e. The van der Waals surface area contributed by atoms with Crippen LogP contribution >= 0.6 is 11.3 Å². The lowest BCUT2D eigenvalue weighted by atomic mass is 10.2. The lowest BCUT2D eigenvalue weighted by Crippen LogP contribution is -2.38. The van der Waals surface area contributed by atoms with Crippen molar-refractivity contribution in [3.63, 3.8) is 0 Å². The fourth-order valence-corrected chi connectivity index (χ4v) is 2.92. The van der Waals surface area contributed by atoms with E-state index in [1.165, 1.54) is 5.56 Å². The summed E-state index contributed by atoms with van der Waals surface area (Å²) in [7, 11) is 2.02. The van der Waals surface area contributed by atoms with Gasteiger partial charge in [-0.3, -0.25) is 4.79 Å². The average molecular weight is 360 g/mol. The Bertz CT molecular complexity index is 701. The SMILES string of the molecule is CCNC(=NCc1cccc(OCC(N)=O)c1)N(C)Cc1ccsc1. The summed E-state index contributed by atoms with van der Waals surface area (Å²) in [4.78, 5) is 17.6. The Morgan fingerprint density at radius 1 is 1.36 bits per heavy atom. The van der Waals surface area contributed by atoms with Crippen molar-refractivity contribution in [3.05, 3.63) is 52.2 Å². The first-order valence-corrected chi connectivity index (χ1v) is 9.03. The Morgan fingerprint density at radius 3 is 2.88 bits per heavy atom. The van der Waals surface area contributed by atoms with Crippen LogP contribution in [0.1, 0.15) is 18.1 Å². The number of guanidine groups is 1. The molecule has 0 spiro atoms. The van der Waals surface area contributed by atoms with E-state index in [1.807, 2.05) is 32.2 Å². The van der Waals surface area contributed by atoms with E-state index in [9.17, 15) is 4.79 Å². The number of primary amides is 1. The van der Waals surface area contributed by atoms with E-state index in [2.05, 4.69) is 32.0 Å². The maximum absolute atomic E-state index is 10.8. The van der Waals surface area contributed by atoms with Crippen LogP contribution in [0.2, 0.25) is 0 Å². The number of carbonyl (C=O) groups is 1. The highest BCUT2D eigenvalue weighted by Crippen LogP contribution is 2.14. The molecule has 25 heavy (non-hydrogen) atoms. The molecule has 0 aliphatic rings. The van der Waals surface area contributed by atoms with Crippen molar-refractivity contribution in [2.75, 3.05) is 20.2 Å². The van der Waals surface area contributed by atoms with Crippen molar-refractivity contribution >= 4 is 23.2 Å². The fourth-order valence-electron chi connectivity index (χ4n) is 2.26. The third-order valence-corrected chi connectivity index (χ3v) is 4.12. The van der Waals surface area contributed by atoms with E-state index in [0.717, 1.165) is 24.6 Å². The first kappa shape index (κ1) is 18.8. The van der Waals surface area contributed by atoms with Gasteiger partial charge in [-0.15, -0.1) is 0 Å². The normalized spacial score (nSPS) is 11.2. The van der Waals surface area contributed by atoms with Gasteiger partial charge in [-0.1, -0.05) is 12.1 Å². The quantitative estimate of drug-likeness (QED) is 0.559. The van der Waals surface area contributed by atoms with Crippen LogP contribution in [0.25, 0.3) is 0 Å². The molecular formula is C18H24N4O2S. The highest BCUT2D eigenvalue weighted by Gasteiger charge is 2.07. The van der Waals surface area contributed by atoms with Gasteiger partial charge in [0, 0.05) is 20.1 Å². The first-order chi connectivity index (χ1) is 12.1. The molecule has 6 nitrogen and oxygen atoms in total. The average Bonchev–Trinajstić information content (AvgIpc) is 3.10. The maximum Gasteiger partial charge on any atom is 0.255 e. The summed E-state index contributed by atoms with van der Waals surface area (Å²) in [6.45, 7) is 4.04. The van der Waals surface area contributed by atoms with Gasteiger partial charge in [-0.2, -0.15) is 11.3 Å². The number of amides is 1. The molecule has 0 saturated heterocycles. The zero-order valence-corrected chi connectivity index (χ0v) is 15.4. The fraction of sp³-hybridized carbons (Fsp3) is 0.333. The van der Waals surface area contributed by atoms with Gasteiger partial charge in [0.2, 0.25) is 0 Å². The van der Waals surface area contributed by atoms with Crippen molar-refractivity contribution in [2.24, 2.45) is 10.7 Å². The number of nitrogens with two attached hydrogens (primary N) is 1. The Balaban J connectivity index is 2.02. The molecule has 1 amide bonds. The minimum Gasteiger partial charge on any atom is -0.484 e. The molecule has 0 aliphatic carbocycles. The summed E-state index contributed by atoms with van der Waals surface area (Å²) in [6, 6.07) is 9.63. The zero-order chi connectivity index (χ0) is 18.1. The molecule has 0 saturated carbocycles. The first-order valence-electron chi connectivity index (χ1n) is 8.09. The molecule has 1 aromatic heterocycles. The summed E-state index contributed by atoms with van der Waals surface area (Å²) < 4.78 is 5.33. The van der Waals surface area contributed by atoms with Crippen molar-refractivity contribution in [2.45, 2.75) is 20.0 Å². The number of benzene rings is 1. The standard InChI is InChI=1S/C18H24N4O2S/c1-3-20-18(22(2)11-15-7-8-25-13-15)21-10-14-5-4-6-16(9-14)24-12-17(19)23/h4-9,13H,3,10-12H2,1-2H3,(H2,19,23)(H,20,21). The molecule has 2 aromatic rings. The van der Waals surface area contributed by atoms with Gasteiger partial charge < -0.3 is 20.7 Å². The highest BCUT2D eigenvalue weighted by atomic mass is 32.1. The van der Waals surface area contributed by atoms with Crippen LogP contribution in [0, 0.1) is 0 Å². The number of rotatable bonds is 8. The summed E-state index contributed by atoms with van der Waals surface area (Å²) in [5.41, 5.74) is 7.37. The Labute approximate surface area is 152 Å².